The van der Waals surface area contributed by atoms with Crippen molar-refractivity contribution in [1.82, 2.24) is 15.5 Å². The SMILES string of the molecule is Fc1ccc(-c2nc(CC3CCCNC3)no2)c(I)c1. The number of halogens is 2. The van der Waals surface area contributed by atoms with E-state index in [0.29, 0.717) is 11.8 Å². The first-order valence-corrected chi connectivity index (χ1v) is 7.79. The maximum absolute atomic E-state index is 13.1. The molecule has 20 heavy (non-hydrogen) atoms. The number of nitrogens with one attached hydrogen (secondary N) is 1. The summed E-state index contributed by atoms with van der Waals surface area (Å²) in [7, 11) is 0. The standard InChI is InChI=1S/C14H15FIN3O/c15-10-3-4-11(12(16)7-10)14-18-13(19-20-14)6-9-2-1-5-17-8-9/h3-4,7,9,17H,1-2,5-6,8H2. The quantitative estimate of drug-likeness (QED) is 0.823. The zero-order valence-corrected chi connectivity index (χ0v) is 13.1. The predicted octanol–water partition coefficient (Wildman–Crippen LogP) is 3.02. The van der Waals surface area contributed by atoms with Crippen molar-refractivity contribution in [2.75, 3.05) is 13.1 Å². The monoisotopic (exact) mass is 387 g/mol. The second kappa shape index (κ2) is 6.17. The summed E-state index contributed by atoms with van der Waals surface area (Å²) in [6, 6.07) is 4.55. The van der Waals surface area contributed by atoms with Crippen LogP contribution in [-0.2, 0) is 6.42 Å². The second-order valence-electron chi connectivity index (χ2n) is 5.06. The van der Waals surface area contributed by atoms with Crippen LogP contribution < -0.4 is 5.32 Å². The zero-order chi connectivity index (χ0) is 13.9. The summed E-state index contributed by atoms with van der Waals surface area (Å²) < 4.78 is 19.2. The fourth-order valence-electron chi connectivity index (χ4n) is 2.47. The number of nitrogens with zero attached hydrogens (tertiary/aromatic N) is 2. The molecule has 0 amide bonds. The lowest BCUT2D eigenvalue weighted by Gasteiger charge is -2.20. The molecule has 2 heterocycles. The van der Waals surface area contributed by atoms with Crippen LogP contribution in [0.3, 0.4) is 0 Å². The van der Waals surface area contributed by atoms with E-state index in [1.165, 1.54) is 25.0 Å². The first-order chi connectivity index (χ1) is 9.72. The van der Waals surface area contributed by atoms with Crippen LogP contribution in [0.15, 0.2) is 22.7 Å². The molecule has 0 bridgehead atoms. The third-order valence-electron chi connectivity index (χ3n) is 3.50. The molecule has 1 aromatic carbocycles. The largest absolute Gasteiger partial charge is 0.334 e. The highest BCUT2D eigenvalue weighted by atomic mass is 127. The van der Waals surface area contributed by atoms with Gasteiger partial charge in [-0.15, -0.1) is 0 Å². The van der Waals surface area contributed by atoms with Gasteiger partial charge in [-0.25, -0.2) is 4.39 Å². The van der Waals surface area contributed by atoms with E-state index < -0.39 is 0 Å². The molecule has 6 heteroatoms. The smallest absolute Gasteiger partial charge is 0.258 e. The van der Waals surface area contributed by atoms with Gasteiger partial charge in [-0.1, -0.05) is 5.16 Å². The number of benzene rings is 1. The van der Waals surface area contributed by atoms with Gasteiger partial charge in [0.1, 0.15) is 5.82 Å². The van der Waals surface area contributed by atoms with Crippen molar-refractivity contribution in [3.63, 3.8) is 0 Å². The Labute approximate surface area is 130 Å². The Morgan fingerprint density at radius 1 is 1.45 bits per heavy atom. The van der Waals surface area contributed by atoms with E-state index in [9.17, 15) is 4.39 Å². The molecule has 1 fully saturated rings. The first-order valence-electron chi connectivity index (χ1n) is 6.71. The maximum Gasteiger partial charge on any atom is 0.258 e. The highest BCUT2D eigenvalue weighted by molar-refractivity contribution is 14.1. The average Bonchev–Trinajstić information content (AvgIpc) is 2.88. The minimum absolute atomic E-state index is 0.258. The van der Waals surface area contributed by atoms with E-state index in [2.05, 4.69) is 38.0 Å². The molecule has 4 nitrogen and oxygen atoms in total. The summed E-state index contributed by atoms with van der Waals surface area (Å²) in [5, 5.41) is 7.42. The first kappa shape index (κ1) is 13.9. The number of aromatic nitrogens is 2. The highest BCUT2D eigenvalue weighted by Gasteiger charge is 2.18. The molecule has 3 rings (SSSR count). The lowest BCUT2D eigenvalue weighted by Crippen LogP contribution is -2.31. The molecule has 1 aliphatic rings. The van der Waals surface area contributed by atoms with E-state index in [1.807, 2.05) is 0 Å². The molecule has 2 aromatic rings. The third-order valence-corrected chi connectivity index (χ3v) is 4.39. The van der Waals surface area contributed by atoms with E-state index >= 15 is 0 Å². The van der Waals surface area contributed by atoms with E-state index in [0.717, 1.165) is 34.5 Å². The Bertz CT molecular complexity index is 596. The number of hydrogen-bond acceptors (Lipinski definition) is 4. The van der Waals surface area contributed by atoms with Gasteiger partial charge >= 0.3 is 0 Å². The Morgan fingerprint density at radius 2 is 2.35 bits per heavy atom. The van der Waals surface area contributed by atoms with E-state index in [-0.39, 0.29) is 5.82 Å². The van der Waals surface area contributed by atoms with E-state index in [4.69, 9.17) is 4.52 Å². The van der Waals surface area contributed by atoms with Crippen molar-refractivity contribution in [3.8, 4) is 11.5 Å². The van der Waals surface area contributed by atoms with Crippen LogP contribution in [0, 0.1) is 15.3 Å². The molecule has 0 radical (unpaired) electrons. The van der Waals surface area contributed by atoms with Crippen LogP contribution >= 0.6 is 22.6 Å². The molecule has 1 N–H and O–H groups in total. The van der Waals surface area contributed by atoms with Crippen molar-refractivity contribution in [2.24, 2.45) is 5.92 Å². The fourth-order valence-corrected chi connectivity index (χ4v) is 3.17. The summed E-state index contributed by atoms with van der Waals surface area (Å²) in [6.07, 6.45) is 3.23. The topological polar surface area (TPSA) is 51.0 Å². The minimum Gasteiger partial charge on any atom is -0.334 e. The molecule has 1 unspecified atom stereocenters. The molecular weight excluding hydrogens is 372 g/mol. The van der Waals surface area contributed by atoms with Gasteiger partial charge < -0.3 is 9.84 Å². The van der Waals surface area contributed by atoms with Crippen molar-refractivity contribution < 1.29 is 8.91 Å². The maximum atomic E-state index is 13.1. The summed E-state index contributed by atoms with van der Waals surface area (Å²) in [5.41, 5.74) is 0.785. The van der Waals surface area contributed by atoms with Gasteiger partial charge in [0.15, 0.2) is 5.82 Å². The van der Waals surface area contributed by atoms with Gasteiger partial charge in [0, 0.05) is 9.99 Å². The zero-order valence-electron chi connectivity index (χ0n) is 10.9. The average molecular weight is 387 g/mol. The Hall–Kier alpha value is -1.02. The summed E-state index contributed by atoms with van der Waals surface area (Å²) in [5.74, 6) is 1.51. The van der Waals surface area contributed by atoms with Crippen molar-refractivity contribution in [2.45, 2.75) is 19.3 Å². The van der Waals surface area contributed by atoms with Crippen LogP contribution in [-0.4, -0.2) is 23.2 Å². The van der Waals surface area contributed by atoms with Gasteiger partial charge in [-0.2, -0.15) is 4.98 Å². The van der Waals surface area contributed by atoms with Crippen LogP contribution in [0.1, 0.15) is 18.7 Å². The summed E-state index contributed by atoms with van der Waals surface area (Å²) in [4.78, 5) is 4.43. The number of rotatable bonds is 3. The minimum atomic E-state index is -0.258. The third kappa shape index (κ3) is 3.17. The number of piperidine rings is 1. The Morgan fingerprint density at radius 3 is 3.10 bits per heavy atom. The molecule has 0 saturated carbocycles. The van der Waals surface area contributed by atoms with Gasteiger partial charge in [0.05, 0.1) is 5.56 Å². The second-order valence-corrected chi connectivity index (χ2v) is 6.22. The van der Waals surface area contributed by atoms with Crippen LogP contribution in [0.5, 0.6) is 0 Å². The van der Waals surface area contributed by atoms with Gasteiger partial charge in [0.25, 0.3) is 5.89 Å². The Kier molecular flexibility index (Phi) is 4.30. The lowest BCUT2D eigenvalue weighted by molar-refractivity contribution is 0.360. The van der Waals surface area contributed by atoms with Crippen molar-refractivity contribution >= 4 is 22.6 Å². The summed E-state index contributed by atoms with van der Waals surface area (Å²) in [6.45, 7) is 2.11. The van der Waals surface area contributed by atoms with E-state index in [1.54, 1.807) is 6.07 Å². The Balaban J connectivity index is 1.75. The van der Waals surface area contributed by atoms with Crippen LogP contribution in [0.2, 0.25) is 0 Å². The van der Waals surface area contributed by atoms with Crippen LogP contribution in [0.25, 0.3) is 11.5 Å². The molecule has 0 spiro atoms. The molecule has 106 valence electrons. The van der Waals surface area contributed by atoms with Gasteiger partial charge in [-0.05, 0) is 72.6 Å². The lowest BCUT2D eigenvalue weighted by atomic mass is 9.96. The molecule has 1 aromatic heterocycles. The van der Waals surface area contributed by atoms with Crippen molar-refractivity contribution in [1.29, 1.82) is 0 Å². The van der Waals surface area contributed by atoms with Crippen LogP contribution in [0.4, 0.5) is 4.39 Å². The normalized spacial score (nSPS) is 19.2. The molecule has 1 aliphatic heterocycles. The molecule has 1 atom stereocenters. The molecular formula is C14H15FIN3O. The number of hydrogen-bond donors (Lipinski definition) is 1. The predicted molar refractivity (Wildman–Crippen MR) is 81.7 cm³/mol. The van der Waals surface area contributed by atoms with Crippen molar-refractivity contribution in [3.05, 3.63) is 33.4 Å². The fraction of sp³-hybridized carbons (Fsp3) is 0.429. The molecule has 1 saturated heterocycles. The van der Waals surface area contributed by atoms with Gasteiger partial charge in [-0.3, -0.25) is 0 Å². The van der Waals surface area contributed by atoms with Gasteiger partial charge in [0.2, 0.25) is 0 Å². The highest BCUT2D eigenvalue weighted by Crippen LogP contribution is 2.25. The summed E-state index contributed by atoms with van der Waals surface area (Å²) >= 11 is 2.08. The molecule has 0 aliphatic carbocycles.